The number of hydrogen-bond donors (Lipinski definition) is 0. The second-order valence-electron chi connectivity index (χ2n) is 9.53. The fourth-order valence-corrected chi connectivity index (χ4v) is 5.44. The maximum atomic E-state index is 15.1. The van der Waals surface area contributed by atoms with Gasteiger partial charge in [-0.15, -0.1) is 0 Å². The van der Waals surface area contributed by atoms with E-state index in [1.807, 2.05) is 6.92 Å². The summed E-state index contributed by atoms with van der Waals surface area (Å²) < 4.78 is 39.1. The lowest BCUT2D eigenvalue weighted by atomic mass is 10.0. The van der Waals surface area contributed by atoms with Crippen LogP contribution < -0.4 is 9.47 Å². The third-order valence-corrected chi connectivity index (χ3v) is 7.47. The quantitative estimate of drug-likeness (QED) is 0.492. The highest BCUT2D eigenvalue weighted by Crippen LogP contribution is 2.36. The third kappa shape index (κ3) is 4.52. The van der Waals surface area contributed by atoms with Crippen molar-refractivity contribution in [3.05, 3.63) is 82.9 Å². The second-order valence-corrected chi connectivity index (χ2v) is 9.53. The molecule has 0 bridgehead atoms. The van der Waals surface area contributed by atoms with Crippen molar-refractivity contribution in [1.82, 2.24) is 9.80 Å². The Labute approximate surface area is 214 Å². The summed E-state index contributed by atoms with van der Waals surface area (Å²) in [5.41, 5.74) is 2.48. The SMILES string of the molecule is COc1cc(C(=O)N2C[C@@H]3CCN(C(=O)c4ccc(-c5ccc(F)cc5)cc4F)[C@@H]3C2)cc(OC)c1C. The predicted octanol–water partition coefficient (Wildman–Crippen LogP) is 4.94. The van der Waals surface area contributed by atoms with Crippen molar-refractivity contribution in [3.63, 3.8) is 0 Å². The molecule has 2 heterocycles. The summed E-state index contributed by atoms with van der Waals surface area (Å²) in [4.78, 5) is 30.1. The minimum absolute atomic E-state index is 0.00991. The van der Waals surface area contributed by atoms with Crippen LogP contribution in [0.3, 0.4) is 0 Å². The lowest BCUT2D eigenvalue weighted by Crippen LogP contribution is -2.41. The van der Waals surface area contributed by atoms with Gasteiger partial charge in [0.25, 0.3) is 11.8 Å². The van der Waals surface area contributed by atoms with Crippen LogP contribution in [0.4, 0.5) is 8.78 Å². The molecule has 5 rings (SSSR count). The normalized spacial score (nSPS) is 18.6. The van der Waals surface area contributed by atoms with Gasteiger partial charge < -0.3 is 19.3 Å². The lowest BCUT2D eigenvalue weighted by molar-refractivity contribution is 0.0685. The molecule has 2 atom stereocenters. The molecule has 2 amide bonds. The molecule has 0 aliphatic carbocycles. The largest absolute Gasteiger partial charge is 0.496 e. The summed E-state index contributed by atoms with van der Waals surface area (Å²) in [6.07, 6.45) is 0.746. The number of carbonyl (C=O) groups excluding carboxylic acids is 2. The molecule has 0 saturated carbocycles. The van der Waals surface area contributed by atoms with Crippen molar-refractivity contribution in [3.8, 4) is 22.6 Å². The summed E-state index contributed by atoms with van der Waals surface area (Å²) in [6.45, 7) is 3.28. The van der Waals surface area contributed by atoms with E-state index in [9.17, 15) is 14.0 Å². The van der Waals surface area contributed by atoms with E-state index < -0.39 is 5.82 Å². The average molecular weight is 507 g/mol. The maximum Gasteiger partial charge on any atom is 0.257 e. The molecule has 2 aliphatic heterocycles. The molecule has 8 heteroatoms. The third-order valence-electron chi connectivity index (χ3n) is 7.47. The lowest BCUT2D eigenvalue weighted by Gasteiger charge is -2.25. The smallest absolute Gasteiger partial charge is 0.257 e. The molecule has 2 aliphatic rings. The molecular formula is C29H28F2N2O4. The zero-order chi connectivity index (χ0) is 26.3. The van der Waals surface area contributed by atoms with Gasteiger partial charge in [0.1, 0.15) is 23.1 Å². The number of carbonyl (C=O) groups is 2. The van der Waals surface area contributed by atoms with Crippen LogP contribution in [-0.2, 0) is 0 Å². The van der Waals surface area contributed by atoms with Crippen LogP contribution in [0.5, 0.6) is 11.5 Å². The molecule has 0 N–H and O–H groups in total. The van der Waals surface area contributed by atoms with E-state index in [1.54, 1.807) is 54.4 Å². The van der Waals surface area contributed by atoms with Crippen molar-refractivity contribution in [2.75, 3.05) is 33.9 Å². The number of ether oxygens (including phenoxy) is 2. The van der Waals surface area contributed by atoms with Gasteiger partial charge >= 0.3 is 0 Å². The van der Waals surface area contributed by atoms with Gasteiger partial charge in [0.05, 0.1) is 25.8 Å². The standard InChI is InChI=1S/C29H28F2N2O4/c1-17-26(36-2)13-21(14-27(17)37-3)28(34)32-15-20-10-11-33(25(20)16-32)29(35)23-9-6-19(12-24(23)31)18-4-7-22(30)8-5-18/h4-9,12-14,20,25H,10-11,15-16H2,1-3H3/t20-,25+/m0/s1. The van der Waals surface area contributed by atoms with Crippen molar-refractivity contribution >= 4 is 11.8 Å². The molecule has 0 aromatic heterocycles. The van der Waals surface area contributed by atoms with E-state index in [0.717, 1.165) is 12.0 Å². The first-order chi connectivity index (χ1) is 17.8. The average Bonchev–Trinajstić information content (AvgIpc) is 3.49. The van der Waals surface area contributed by atoms with Gasteiger partial charge in [0.2, 0.25) is 0 Å². The number of rotatable bonds is 5. The van der Waals surface area contributed by atoms with Crippen LogP contribution in [-0.4, -0.2) is 61.5 Å². The van der Waals surface area contributed by atoms with Crippen LogP contribution in [0.25, 0.3) is 11.1 Å². The van der Waals surface area contributed by atoms with Gasteiger partial charge in [0.15, 0.2) is 0 Å². The van der Waals surface area contributed by atoms with E-state index in [0.29, 0.717) is 47.8 Å². The molecular weight excluding hydrogens is 478 g/mol. The Bertz CT molecular complexity index is 1330. The highest BCUT2D eigenvalue weighted by Gasteiger charge is 2.45. The van der Waals surface area contributed by atoms with Crippen molar-refractivity contribution in [1.29, 1.82) is 0 Å². The molecule has 3 aromatic rings. The van der Waals surface area contributed by atoms with Gasteiger partial charge in [-0.05, 0) is 60.9 Å². The maximum absolute atomic E-state index is 15.1. The van der Waals surface area contributed by atoms with Crippen LogP contribution in [0.2, 0.25) is 0 Å². The first-order valence-corrected chi connectivity index (χ1v) is 12.2. The topological polar surface area (TPSA) is 59.1 Å². The highest BCUT2D eigenvalue weighted by atomic mass is 19.1. The molecule has 0 spiro atoms. The first-order valence-electron chi connectivity index (χ1n) is 12.2. The number of hydrogen-bond acceptors (Lipinski definition) is 4. The van der Waals surface area contributed by atoms with Crippen molar-refractivity contribution in [2.24, 2.45) is 5.92 Å². The molecule has 37 heavy (non-hydrogen) atoms. The van der Waals surface area contributed by atoms with Crippen molar-refractivity contribution < 1.29 is 27.8 Å². The number of likely N-dealkylation sites (tertiary alicyclic amines) is 2. The number of fused-ring (bicyclic) bond motifs is 1. The first kappa shape index (κ1) is 24.7. The van der Waals surface area contributed by atoms with Gasteiger partial charge in [0, 0.05) is 36.7 Å². The summed E-state index contributed by atoms with van der Waals surface area (Å²) in [5.74, 6) is -0.276. The molecule has 3 aromatic carbocycles. The van der Waals surface area contributed by atoms with Crippen LogP contribution in [0.15, 0.2) is 54.6 Å². The van der Waals surface area contributed by atoms with Gasteiger partial charge in [-0.2, -0.15) is 0 Å². The Morgan fingerprint density at radius 1 is 0.865 bits per heavy atom. The van der Waals surface area contributed by atoms with Crippen LogP contribution in [0, 0.1) is 24.5 Å². The van der Waals surface area contributed by atoms with Gasteiger partial charge in [-0.3, -0.25) is 9.59 Å². The Hall–Kier alpha value is -3.94. The summed E-state index contributed by atoms with van der Waals surface area (Å²) in [7, 11) is 3.09. The van der Waals surface area contributed by atoms with E-state index in [1.165, 1.54) is 24.3 Å². The fourth-order valence-electron chi connectivity index (χ4n) is 5.44. The number of nitrogens with zero attached hydrogens (tertiary/aromatic N) is 2. The summed E-state index contributed by atoms with van der Waals surface area (Å²) >= 11 is 0. The Morgan fingerprint density at radius 2 is 1.51 bits per heavy atom. The number of methoxy groups -OCH3 is 2. The fraction of sp³-hybridized carbons (Fsp3) is 0.310. The highest BCUT2D eigenvalue weighted by molar-refractivity contribution is 5.97. The molecule has 192 valence electrons. The minimum atomic E-state index is -0.625. The molecule has 0 radical (unpaired) electrons. The van der Waals surface area contributed by atoms with Crippen molar-refractivity contribution in [2.45, 2.75) is 19.4 Å². The number of amides is 2. The zero-order valence-corrected chi connectivity index (χ0v) is 21.0. The van der Waals surface area contributed by atoms with Gasteiger partial charge in [-0.1, -0.05) is 18.2 Å². The molecule has 2 fully saturated rings. The van der Waals surface area contributed by atoms with E-state index in [4.69, 9.17) is 9.47 Å². The van der Waals surface area contributed by atoms with Gasteiger partial charge in [-0.25, -0.2) is 8.78 Å². The van der Waals surface area contributed by atoms with Crippen LogP contribution in [0.1, 0.15) is 32.7 Å². The Kier molecular flexibility index (Phi) is 6.58. The van der Waals surface area contributed by atoms with E-state index >= 15 is 4.39 Å². The second kappa shape index (κ2) is 9.84. The van der Waals surface area contributed by atoms with E-state index in [2.05, 4.69) is 0 Å². The predicted molar refractivity (Wildman–Crippen MR) is 135 cm³/mol. The van der Waals surface area contributed by atoms with Crippen LogP contribution >= 0.6 is 0 Å². The summed E-state index contributed by atoms with van der Waals surface area (Å²) in [6, 6.07) is 13.4. The van der Waals surface area contributed by atoms with E-state index in [-0.39, 0.29) is 35.2 Å². The monoisotopic (exact) mass is 506 g/mol. The molecule has 2 saturated heterocycles. The molecule has 6 nitrogen and oxygen atoms in total. The molecule has 0 unspecified atom stereocenters. The Morgan fingerprint density at radius 3 is 2.14 bits per heavy atom. The minimum Gasteiger partial charge on any atom is -0.496 e. The number of halogens is 2. The zero-order valence-electron chi connectivity index (χ0n) is 21.0. The number of benzene rings is 3. The Balaban J connectivity index is 1.33. The summed E-state index contributed by atoms with van der Waals surface area (Å²) in [5, 5.41) is 0.